The van der Waals surface area contributed by atoms with E-state index in [1.165, 1.54) is 23.4 Å². The second-order valence-electron chi connectivity index (χ2n) is 7.25. The molecule has 30 heavy (non-hydrogen) atoms. The summed E-state index contributed by atoms with van der Waals surface area (Å²) in [6, 6.07) is 5.81. The smallest absolute Gasteiger partial charge is 0.325 e. The van der Waals surface area contributed by atoms with Crippen molar-refractivity contribution in [2.75, 3.05) is 11.1 Å². The van der Waals surface area contributed by atoms with E-state index in [1.54, 1.807) is 7.05 Å². The van der Waals surface area contributed by atoms with Crippen LogP contribution in [0.2, 0.25) is 0 Å². The molecule has 0 fully saturated rings. The van der Waals surface area contributed by atoms with Crippen LogP contribution in [-0.2, 0) is 25.3 Å². The van der Waals surface area contributed by atoms with Gasteiger partial charge < -0.3 is 5.32 Å². The van der Waals surface area contributed by atoms with Crippen LogP contribution in [0.3, 0.4) is 0 Å². The first kappa shape index (κ1) is 21.8. The van der Waals surface area contributed by atoms with Gasteiger partial charge in [-0.15, -0.1) is 0 Å². The number of carbonyl (C=O) groups excluding carboxylic acids is 1. The zero-order valence-electron chi connectivity index (χ0n) is 17.8. The number of thioether (sulfide) groups is 1. The minimum atomic E-state index is -0.464. The maximum atomic E-state index is 12.8. The third-order valence-corrected chi connectivity index (χ3v) is 5.76. The molecule has 8 nitrogen and oxygen atoms in total. The van der Waals surface area contributed by atoms with Crippen LogP contribution >= 0.6 is 11.8 Å². The Labute approximate surface area is 178 Å². The third-order valence-electron chi connectivity index (χ3n) is 4.78. The molecule has 0 aliphatic rings. The predicted molar refractivity (Wildman–Crippen MR) is 119 cm³/mol. The highest BCUT2D eigenvalue weighted by atomic mass is 32.2. The lowest BCUT2D eigenvalue weighted by molar-refractivity contribution is -0.113. The number of rotatable bonds is 6. The van der Waals surface area contributed by atoms with Gasteiger partial charge in [0.2, 0.25) is 5.91 Å². The Morgan fingerprint density at radius 1 is 1.13 bits per heavy atom. The molecule has 0 unspecified atom stereocenters. The summed E-state index contributed by atoms with van der Waals surface area (Å²) in [4.78, 5) is 46.5. The molecule has 158 valence electrons. The van der Waals surface area contributed by atoms with Crippen molar-refractivity contribution in [2.45, 2.75) is 38.6 Å². The van der Waals surface area contributed by atoms with Crippen LogP contribution in [-0.4, -0.2) is 30.8 Å². The lowest BCUT2D eigenvalue weighted by Crippen LogP contribution is -2.38. The zero-order valence-corrected chi connectivity index (χ0v) is 18.6. The summed E-state index contributed by atoms with van der Waals surface area (Å²) in [5, 5.41) is 3.57. The second kappa shape index (κ2) is 8.83. The summed E-state index contributed by atoms with van der Waals surface area (Å²) >= 11 is 1.17. The number of carbonyl (C=O) groups is 1. The molecule has 0 saturated carbocycles. The minimum Gasteiger partial charge on any atom is -0.325 e. The van der Waals surface area contributed by atoms with E-state index in [2.05, 4.69) is 15.3 Å². The van der Waals surface area contributed by atoms with Crippen LogP contribution < -0.4 is 16.6 Å². The number of benzene rings is 1. The van der Waals surface area contributed by atoms with E-state index in [9.17, 15) is 14.4 Å². The highest BCUT2D eigenvalue weighted by Gasteiger charge is 2.18. The van der Waals surface area contributed by atoms with Gasteiger partial charge in [-0.1, -0.05) is 36.4 Å². The van der Waals surface area contributed by atoms with Crippen molar-refractivity contribution in [3.05, 3.63) is 56.0 Å². The normalized spacial score (nSPS) is 11.1. The van der Waals surface area contributed by atoms with Gasteiger partial charge in [0, 0.05) is 26.2 Å². The van der Waals surface area contributed by atoms with E-state index in [0.717, 1.165) is 27.8 Å². The molecule has 1 amide bonds. The number of aryl methyl sites for hydroxylation is 4. The molecule has 3 rings (SSSR count). The van der Waals surface area contributed by atoms with E-state index in [-0.39, 0.29) is 17.0 Å². The van der Waals surface area contributed by atoms with Crippen molar-refractivity contribution in [3.8, 4) is 0 Å². The van der Waals surface area contributed by atoms with Crippen LogP contribution in [0, 0.1) is 13.8 Å². The van der Waals surface area contributed by atoms with E-state index in [0.29, 0.717) is 22.9 Å². The Bertz CT molecular complexity index is 1250. The van der Waals surface area contributed by atoms with Crippen molar-refractivity contribution in [2.24, 2.45) is 14.1 Å². The second-order valence-corrected chi connectivity index (χ2v) is 8.22. The van der Waals surface area contributed by atoms with Gasteiger partial charge in [-0.2, -0.15) is 0 Å². The van der Waals surface area contributed by atoms with Crippen molar-refractivity contribution in [1.29, 1.82) is 0 Å². The largest absolute Gasteiger partial charge is 0.332 e. The molecule has 0 radical (unpaired) electrons. The fourth-order valence-corrected chi connectivity index (χ4v) is 4.02. The monoisotopic (exact) mass is 427 g/mol. The molecule has 0 atom stereocenters. The number of fused-ring (bicyclic) bond motifs is 1. The first-order valence-electron chi connectivity index (χ1n) is 9.69. The Balaban J connectivity index is 1.95. The molecule has 2 heterocycles. The summed E-state index contributed by atoms with van der Waals surface area (Å²) < 4.78 is 2.38. The van der Waals surface area contributed by atoms with E-state index in [1.807, 2.05) is 39.0 Å². The molecule has 0 bridgehead atoms. The lowest BCUT2D eigenvalue weighted by atomic mass is 10.1. The van der Waals surface area contributed by atoms with Gasteiger partial charge in [-0.25, -0.2) is 14.8 Å². The highest BCUT2D eigenvalue weighted by Crippen LogP contribution is 2.23. The topological polar surface area (TPSA) is 98.9 Å². The Morgan fingerprint density at radius 3 is 2.53 bits per heavy atom. The fourth-order valence-electron chi connectivity index (χ4n) is 3.19. The summed E-state index contributed by atoms with van der Waals surface area (Å²) in [5.74, 6) is 0.430. The average molecular weight is 428 g/mol. The molecule has 0 saturated heterocycles. The van der Waals surface area contributed by atoms with Gasteiger partial charge in [0.25, 0.3) is 5.56 Å². The summed E-state index contributed by atoms with van der Waals surface area (Å²) in [6.07, 6.45) is 1.43. The van der Waals surface area contributed by atoms with Gasteiger partial charge in [0.1, 0.15) is 16.2 Å². The van der Waals surface area contributed by atoms with Crippen molar-refractivity contribution in [1.82, 2.24) is 19.1 Å². The van der Waals surface area contributed by atoms with Crippen LogP contribution in [0.5, 0.6) is 0 Å². The number of nitrogens with one attached hydrogen (secondary N) is 1. The van der Waals surface area contributed by atoms with Crippen LogP contribution in [0.1, 0.15) is 30.3 Å². The molecule has 1 N–H and O–H groups in total. The highest BCUT2D eigenvalue weighted by molar-refractivity contribution is 8.00. The molecule has 0 aliphatic heterocycles. The van der Waals surface area contributed by atoms with Crippen LogP contribution in [0.4, 0.5) is 5.69 Å². The Hall–Kier alpha value is -2.94. The minimum absolute atomic E-state index is 0.0803. The van der Waals surface area contributed by atoms with Gasteiger partial charge in [-0.05, 0) is 31.9 Å². The number of aromatic nitrogens is 4. The summed E-state index contributed by atoms with van der Waals surface area (Å²) in [5.41, 5.74) is 2.24. The quantitative estimate of drug-likeness (QED) is 0.479. The summed E-state index contributed by atoms with van der Waals surface area (Å²) in [7, 11) is 3.00. The van der Waals surface area contributed by atoms with E-state index >= 15 is 0 Å². The Kier molecular flexibility index (Phi) is 6.40. The lowest BCUT2D eigenvalue weighted by Gasteiger charge is -2.12. The summed E-state index contributed by atoms with van der Waals surface area (Å²) in [6.45, 7) is 5.94. The molecule has 9 heteroatoms. The number of hydrogen-bond donors (Lipinski definition) is 1. The van der Waals surface area contributed by atoms with Crippen molar-refractivity contribution >= 4 is 34.4 Å². The molecular formula is C21H25N5O3S. The maximum Gasteiger partial charge on any atom is 0.332 e. The average Bonchev–Trinajstić information content (AvgIpc) is 2.71. The predicted octanol–water partition coefficient (Wildman–Crippen LogP) is 2.33. The fraction of sp³-hybridized carbons (Fsp3) is 0.381. The van der Waals surface area contributed by atoms with Gasteiger partial charge in [0.05, 0.1) is 5.75 Å². The van der Waals surface area contributed by atoms with E-state index < -0.39 is 11.2 Å². The molecule has 0 spiro atoms. The molecule has 1 aromatic carbocycles. The van der Waals surface area contributed by atoms with Crippen LogP contribution in [0.15, 0.2) is 32.8 Å². The zero-order chi connectivity index (χ0) is 22.0. The standard InChI is InChI=1S/C21H25N5O3S/c1-6-7-15-23-18-17(20(28)26(5)21(29)25(18)4)19(24-15)30-11-16(27)22-14-9-8-12(2)10-13(14)3/h8-10H,6-7,11H2,1-5H3,(H,22,27). The first-order chi connectivity index (χ1) is 14.2. The SMILES string of the molecule is CCCc1nc(SCC(=O)Nc2ccc(C)cc2C)c2c(=O)n(C)c(=O)n(C)c2n1. The van der Waals surface area contributed by atoms with Gasteiger partial charge in [-0.3, -0.25) is 18.7 Å². The number of amides is 1. The Morgan fingerprint density at radius 2 is 1.87 bits per heavy atom. The molecular weight excluding hydrogens is 402 g/mol. The number of anilines is 1. The van der Waals surface area contributed by atoms with Crippen molar-refractivity contribution in [3.63, 3.8) is 0 Å². The van der Waals surface area contributed by atoms with E-state index in [4.69, 9.17) is 0 Å². The van der Waals surface area contributed by atoms with Gasteiger partial charge in [0.15, 0.2) is 5.65 Å². The van der Waals surface area contributed by atoms with Gasteiger partial charge >= 0.3 is 5.69 Å². The van der Waals surface area contributed by atoms with Crippen molar-refractivity contribution < 1.29 is 4.79 Å². The molecule has 3 aromatic rings. The first-order valence-corrected chi connectivity index (χ1v) is 10.7. The third kappa shape index (κ3) is 4.30. The maximum absolute atomic E-state index is 12.8. The molecule has 2 aromatic heterocycles. The molecule has 0 aliphatic carbocycles. The number of hydrogen-bond acceptors (Lipinski definition) is 6. The number of nitrogens with zero attached hydrogens (tertiary/aromatic N) is 4. The van der Waals surface area contributed by atoms with Crippen LogP contribution in [0.25, 0.3) is 11.0 Å².